The minimum Gasteiger partial charge on any atom is -0.493 e. The highest BCUT2D eigenvalue weighted by Gasteiger charge is 2.17. The van der Waals surface area contributed by atoms with Crippen molar-refractivity contribution in [2.75, 3.05) is 32.6 Å². The van der Waals surface area contributed by atoms with Gasteiger partial charge in [-0.2, -0.15) is 0 Å². The van der Waals surface area contributed by atoms with Gasteiger partial charge in [0, 0.05) is 36.5 Å². The molecule has 0 saturated carbocycles. The molecule has 8 nitrogen and oxygen atoms in total. The molecule has 0 saturated heterocycles. The Kier molecular flexibility index (Phi) is 13.9. The van der Waals surface area contributed by atoms with Gasteiger partial charge in [0.05, 0.1) is 14.2 Å². The Morgan fingerprint density at radius 1 is 0.878 bits per heavy atom. The Labute approximate surface area is 252 Å². The number of rotatable bonds is 18. The van der Waals surface area contributed by atoms with Crippen LogP contribution in [-0.2, 0) is 16.0 Å². The highest BCUT2D eigenvalue weighted by molar-refractivity contribution is 7.18. The number of ether oxygens (including phenoxy) is 2. The van der Waals surface area contributed by atoms with Crippen LogP contribution in [0.4, 0.5) is 5.13 Å². The summed E-state index contributed by atoms with van der Waals surface area (Å²) < 4.78 is 10.8. The standard InChI is InChI=1S/C31H41ClN4O4S/c1-4-5-6-7-8-9-10-11-29(38)36(20-18-23-12-17-26(39-2)27(22-23)40-3)21-19-28(37)33-31-35-34-30(41-31)24-13-15-25(32)16-14-24/h12-17,22H,4-11,18-21H2,1-3H3,(H,33,35,37). The molecule has 222 valence electrons. The third-order valence-electron chi connectivity index (χ3n) is 6.84. The summed E-state index contributed by atoms with van der Waals surface area (Å²) in [5.41, 5.74) is 1.91. The summed E-state index contributed by atoms with van der Waals surface area (Å²) >= 11 is 7.26. The Morgan fingerprint density at radius 2 is 1.59 bits per heavy atom. The number of benzene rings is 2. The monoisotopic (exact) mass is 600 g/mol. The zero-order valence-corrected chi connectivity index (χ0v) is 25.9. The molecule has 0 aliphatic carbocycles. The van der Waals surface area contributed by atoms with Crippen molar-refractivity contribution in [1.29, 1.82) is 0 Å². The van der Waals surface area contributed by atoms with E-state index < -0.39 is 0 Å². The molecule has 1 N–H and O–H groups in total. The Morgan fingerprint density at radius 3 is 2.29 bits per heavy atom. The lowest BCUT2D eigenvalue weighted by atomic mass is 10.1. The van der Waals surface area contributed by atoms with Gasteiger partial charge in [0.2, 0.25) is 16.9 Å². The molecule has 0 spiro atoms. The van der Waals surface area contributed by atoms with E-state index in [1.54, 1.807) is 31.3 Å². The summed E-state index contributed by atoms with van der Waals surface area (Å²) in [6.45, 7) is 3.05. The van der Waals surface area contributed by atoms with Crippen molar-refractivity contribution in [3.63, 3.8) is 0 Å². The quantitative estimate of drug-likeness (QED) is 0.153. The Hall–Kier alpha value is -3.17. The van der Waals surface area contributed by atoms with Crippen LogP contribution in [0.2, 0.25) is 5.02 Å². The molecule has 3 aromatic rings. The van der Waals surface area contributed by atoms with Gasteiger partial charge in [-0.05, 0) is 42.7 Å². The van der Waals surface area contributed by atoms with Crippen LogP contribution in [0.15, 0.2) is 42.5 Å². The zero-order chi connectivity index (χ0) is 29.5. The van der Waals surface area contributed by atoms with E-state index in [0.717, 1.165) is 30.4 Å². The first-order chi connectivity index (χ1) is 19.9. The van der Waals surface area contributed by atoms with Crippen LogP contribution in [0.25, 0.3) is 10.6 Å². The van der Waals surface area contributed by atoms with Crippen LogP contribution < -0.4 is 14.8 Å². The second-order valence-corrected chi connectivity index (χ2v) is 11.3. The third kappa shape index (κ3) is 11.0. The second-order valence-electron chi connectivity index (χ2n) is 9.91. The molecule has 0 bridgehead atoms. The fraction of sp³-hybridized carbons (Fsp3) is 0.484. The van der Waals surface area contributed by atoms with E-state index in [0.29, 0.717) is 52.6 Å². The van der Waals surface area contributed by atoms with Crippen LogP contribution >= 0.6 is 22.9 Å². The summed E-state index contributed by atoms with van der Waals surface area (Å²) in [7, 11) is 3.21. The molecule has 0 aliphatic heterocycles. The summed E-state index contributed by atoms with van der Waals surface area (Å²) in [6, 6.07) is 13.1. The molecule has 1 aromatic heterocycles. The van der Waals surface area contributed by atoms with Gasteiger partial charge in [-0.3, -0.25) is 9.59 Å². The van der Waals surface area contributed by atoms with Gasteiger partial charge in [0.1, 0.15) is 5.01 Å². The maximum absolute atomic E-state index is 13.2. The van der Waals surface area contributed by atoms with E-state index in [2.05, 4.69) is 22.4 Å². The van der Waals surface area contributed by atoms with Crippen molar-refractivity contribution in [2.24, 2.45) is 0 Å². The van der Waals surface area contributed by atoms with Gasteiger partial charge in [0.25, 0.3) is 0 Å². The molecule has 41 heavy (non-hydrogen) atoms. The van der Waals surface area contributed by atoms with E-state index in [9.17, 15) is 9.59 Å². The molecule has 1 heterocycles. The lowest BCUT2D eigenvalue weighted by Crippen LogP contribution is -2.35. The molecule has 0 aliphatic rings. The maximum atomic E-state index is 13.2. The third-order valence-corrected chi connectivity index (χ3v) is 7.98. The van der Waals surface area contributed by atoms with Gasteiger partial charge < -0.3 is 19.7 Å². The summed E-state index contributed by atoms with van der Waals surface area (Å²) in [6.07, 6.45) is 9.34. The molecule has 0 atom stereocenters. The summed E-state index contributed by atoms with van der Waals surface area (Å²) in [4.78, 5) is 27.8. The molecule has 2 amide bonds. The average Bonchev–Trinajstić information content (AvgIpc) is 3.45. The predicted octanol–water partition coefficient (Wildman–Crippen LogP) is 7.42. The molecule has 0 fully saturated rings. The zero-order valence-electron chi connectivity index (χ0n) is 24.3. The number of amides is 2. The smallest absolute Gasteiger partial charge is 0.227 e. The fourth-order valence-corrected chi connectivity index (χ4v) is 5.35. The number of carbonyl (C=O) groups is 2. The van der Waals surface area contributed by atoms with E-state index >= 15 is 0 Å². The van der Waals surface area contributed by atoms with Crippen LogP contribution in [0.3, 0.4) is 0 Å². The van der Waals surface area contributed by atoms with Crippen molar-refractivity contribution in [2.45, 2.75) is 71.1 Å². The highest BCUT2D eigenvalue weighted by atomic mass is 35.5. The van der Waals surface area contributed by atoms with Crippen molar-refractivity contribution in [1.82, 2.24) is 15.1 Å². The van der Waals surface area contributed by atoms with Crippen LogP contribution in [0.5, 0.6) is 11.5 Å². The van der Waals surface area contributed by atoms with Crippen LogP contribution in [-0.4, -0.2) is 54.2 Å². The minimum atomic E-state index is -0.205. The van der Waals surface area contributed by atoms with Crippen molar-refractivity contribution >= 4 is 39.9 Å². The van der Waals surface area contributed by atoms with Gasteiger partial charge in [-0.15, -0.1) is 10.2 Å². The van der Waals surface area contributed by atoms with Crippen LogP contribution in [0.1, 0.15) is 70.3 Å². The molecule has 3 rings (SSSR count). The molecule has 2 aromatic carbocycles. The number of unbranched alkanes of at least 4 members (excludes halogenated alkanes) is 6. The van der Waals surface area contributed by atoms with E-state index in [1.165, 1.54) is 37.0 Å². The van der Waals surface area contributed by atoms with Gasteiger partial charge in [-0.25, -0.2) is 0 Å². The fourth-order valence-electron chi connectivity index (χ4n) is 4.45. The second kappa shape index (κ2) is 17.6. The predicted molar refractivity (Wildman–Crippen MR) is 166 cm³/mol. The first-order valence-corrected chi connectivity index (χ1v) is 15.5. The SMILES string of the molecule is CCCCCCCCCC(=O)N(CCC(=O)Nc1nnc(-c2ccc(Cl)cc2)s1)CCc1ccc(OC)c(OC)c1. The lowest BCUT2D eigenvalue weighted by Gasteiger charge is -2.23. The number of carbonyl (C=O) groups excluding carboxylic acids is 2. The van der Waals surface area contributed by atoms with Crippen molar-refractivity contribution < 1.29 is 19.1 Å². The largest absolute Gasteiger partial charge is 0.493 e. The Bertz CT molecular complexity index is 1240. The number of hydrogen-bond donors (Lipinski definition) is 1. The van der Waals surface area contributed by atoms with E-state index in [-0.39, 0.29) is 18.2 Å². The number of hydrogen-bond acceptors (Lipinski definition) is 7. The topological polar surface area (TPSA) is 93.7 Å². The first-order valence-electron chi connectivity index (χ1n) is 14.3. The average molecular weight is 601 g/mol. The first kappa shape index (κ1) is 32.3. The van der Waals surface area contributed by atoms with Gasteiger partial charge >= 0.3 is 0 Å². The van der Waals surface area contributed by atoms with Gasteiger partial charge in [-0.1, -0.05) is 86.6 Å². The summed E-state index contributed by atoms with van der Waals surface area (Å²) in [5, 5.41) is 12.9. The van der Waals surface area contributed by atoms with Crippen molar-refractivity contribution in [3.05, 3.63) is 53.1 Å². The van der Waals surface area contributed by atoms with E-state index in [1.807, 2.05) is 30.3 Å². The van der Waals surface area contributed by atoms with Crippen LogP contribution in [0, 0.1) is 0 Å². The summed E-state index contributed by atoms with van der Waals surface area (Å²) in [5.74, 6) is 1.19. The van der Waals surface area contributed by atoms with Crippen molar-refractivity contribution in [3.8, 4) is 22.1 Å². The van der Waals surface area contributed by atoms with Gasteiger partial charge in [0.15, 0.2) is 11.5 Å². The molecule has 10 heteroatoms. The molecular weight excluding hydrogens is 560 g/mol. The maximum Gasteiger partial charge on any atom is 0.227 e. The normalized spacial score (nSPS) is 10.8. The molecule has 0 unspecified atom stereocenters. The van der Waals surface area contributed by atoms with E-state index in [4.69, 9.17) is 21.1 Å². The number of nitrogens with zero attached hydrogens (tertiary/aromatic N) is 3. The minimum absolute atomic E-state index is 0.0766. The number of nitrogens with one attached hydrogen (secondary N) is 1. The highest BCUT2D eigenvalue weighted by Crippen LogP contribution is 2.28. The molecular formula is C31H41ClN4O4S. The Balaban J connectivity index is 1.56. The number of halogens is 1. The lowest BCUT2D eigenvalue weighted by molar-refractivity contribution is -0.131. The number of anilines is 1. The number of methoxy groups -OCH3 is 2. The number of aromatic nitrogens is 2. The molecule has 0 radical (unpaired) electrons.